The Labute approximate surface area is 135 Å². The molecule has 0 aromatic heterocycles. The van der Waals surface area contributed by atoms with Crippen LogP contribution in [0.25, 0.3) is 0 Å². The third-order valence-electron chi connectivity index (χ3n) is 2.70. The van der Waals surface area contributed by atoms with Crippen molar-refractivity contribution in [2.45, 2.75) is 0 Å². The molecule has 7 heteroatoms. The summed E-state index contributed by atoms with van der Waals surface area (Å²) in [4.78, 5) is 23.7. The fourth-order valence-electron chi connectivity index (χ4n) is 1.75. The van der Waals surface area contributed by atoms with Crippen molar-refractivity contribution >= 4 is 52.3 Å². The topological polar surface area (TPSA) is 72.2 Å². The summed E-state index contributed by atoms with van der Waals surface area (Å²) in [5, 5.41) is 3.18. The third-order valence-corrected chi connectivity index (χ3v) is 3.84. The molecule has 0 aliphatic heterocycles. The molecule has 0 bridgehead atoms. The van der Waals surface area contributed by atoms with Crippen LogP contribution >= 0.6 is 34.8 Å². The molecular formula is C14H9Cl3N2O2. The van der Waals surface area contributed by atoms with Gasteiger partial charge in [-0.1, -0.05) is 46.9 Å². The van der Waals surface area contributed by atoms with Gasteiger partial charge in [-0.25, -0.2) is 0 Å². The minimum absolute atomic E-state index is 0.0465. The standard InChI is InChI=1S/C14H9Cl3N2O2/c15-8-4-1-3-7(11(8)13(18)20)14(21)19-10-6-2-5-9(16)12(10)17/h1-6H,(H2,18,20)(H,19,21). The van der Waals surface area contributed by atoms with E-state index in [0.717, 1.165) is 0 Å². The highest BCUT2D eigenvalue weighted by atomic mass is 35.5. The Kier molecular flexibility index (Phi) is 4.73. The number of anilines is 1. The lowest BCUT2D eigenvalue weighted by Crippen LogP contribution is -2.21. The number of benzene rings is 2. The fraction of sp³-hybridized carbons (Fsp3) is 0. The van der Waals surface area contributed by atoms with Crippen molar-refractivity contribution < 1.29 is 9.59 Å². The van der Waals surface area contributed by atoms with Crippen LogP contribution in [0.4, 0.5) is 5.69 Å². The summed E-state index contributed by atoms with van der Waals surface area (Å²) >= 11 is 17.8. The van der Waals surface area contributed by atoms with Crippen LogP contribution in [0.3, 0.4) is 0 Å². The van der Waals surface area contributed by atoms with Crippen molar-refractivity contribution in [3.05, 3.63) is 62.6 Å². The number of carbonyl (C=O) groups is 2. The summed E-state index contributed by atoms with van der Waals surface area (Å²) < 4.78 is 0. The zero-order valence-electron chi connectivity index (χ0n) is 10.5. The van der Waals surface area contributed by atoms with Crippen LogP contribution in [0.1, 0.15) is 20.7 Å². The molecule has 2 rings (SSSR count). The molecule has 108 valence electrons. The van der Waals surface area contributed by atoms with E-state index in [1.54, 1.807) is 24.3 Å². The van der Waals surface area contributed by atoms with Gasteiger partial charge in [-0.05, 0) is 24.3 Å². The van der Waals surface area contributed by atoms with E-state index >= 15 is 0 Å². The summed E-state index contributed by atoms with van der Waals surface area (Å²) in [6.07, 6.45) is 0. The highest BCUT2D eigenvalue weighted by Gasteiger charge is 2.19. The molecule has 0 atom stereocenters. The SMILES string of the molecule is NC(=O)c1c(Cl)cccc1C(=O)Nc1cccc(Cl)c1Cl. The molecule has 0 aliphatic rings. The van der Waals surface area contributed by atoms with Gasteiger partial charge in [-0.2, -0.15) is 0 Å². The molecule has 2 aromatic carbocycles. The molecular weight excluding hydrogens is 335 g/mol. The number of rotatable bonds is 3. The van der Waals surface area contributed by atoms with Crippen LogP contribution in [0.5, 0.6) is 0 Å². The van der Waals surface area contributed by atoms with E-state index in [0.29, 0.717) is 10.7 Å². The Morgan fingerprint density at radius 1 is 0.952 bits per heavy atom. The molecule has 0 aliphatic carbocycles. The van der Waals surface area contributed by atoms with Gasteiger partial charge in [0.25, 0.3) is 11.8 Å². The second-order valence-corrected chi connectivity index (χ2v) is 5.27. The zero-order valence-corrected chi connectivity index (χ0v) is 12.8. The first-order valence-electron chi connectivity index (χ1n) is 5.75. The maximum absolute atomic E-state index is 12.3. The van der Waals surface area contributed by atoms with E-state index in [4.69, 9.17) is 40.5 Å². The maximum atomic E-state index is 12.3. The molecule has 0 spiro atoms. The first kappa shape index (κ1) is 15.6. The lowest BCUT2D eigenvalue weighted by molar-refractivity contribution is 0.0977. The highest BCUT2D eigenvalue weighted by Crippen LogP contribution is 2.30. The van der Waals surface area contributed by atoms with Crippen molar-refractivity contribution in [2.75, 3.05) is 5.32 Å². The average molecular weight is 344 g/mol. The second kappa shape index (κ2) is 6.35. The quantitative estimate of drug-likeness (QED) is 0.884. The summed E-state index contributed by atoms with van der Waals surface area (Å²) in [5.74, 6) is -1.35. The third kappa shape index (κ3) is 3.29. The number of primary amides is 1. The molecule has 4 nitrogen and oxygen atoms in total. The molecule has 0 saturated heterocycles. The number of halogens is 3. The van der Waals surface area contributed by atoms with E-state index in [1.165, 1.54) is 12.1 Å². The zero-order chi connectivity index (χ0) is 15.6. The molecule has 0 saturated carbocycles. The normalized spacial score (nSPS) is 10.2. The first-order valence-corrected chi connectivity index (χ1v) is 6.89. The van der Waals surface area contributed by atoms with Gasteiger partial charge < -0.3 is 11.1 Å². The van der Waals surface area contributed by atoms with Crippen molar-refractivity contribution in [3.8, 4) is 0 Å². The van der Waals surface area contributed by atoms with Crippen LogP contribution in [0.15, 0.2) is 36.4 Å². The van der Waals surface area contributed by atoms with E-state index in [2.05, 4.69) is 5.32 Å². The number of nitrogens with two attached hydrogens (primary N) is 1. The number of amides is 2. The molecule has 0 fully saturated rings. The van der Waals surface area contributed by atoms with Gasteiger partial charge in [0.1, 0.15) is 0 Å². The van der Waals surface area contributed by atoms with Crippen molar-refractivity contribution in [2.24, 2.45) is 5.73 Å². The monoisotopic (exact) mass is 342 g/mol. The van der Waals surface area contributed by atoms with Gasteiger partial charge in [0.05, 0.1) is 31.9 Å². The van der Waals surface area contributed by atoms with Crippen LogP contribution in [0, 0.1) is 0 Å². The molecule has 21 heavy (non-hydrogen) atoms. The number of hydrogen-bond acceptors (Lipinski definition) is 2. The second-order valence-electron chi connectivity index (χ2n) is 4.08. The van der Waals surface area contributed by atoms with Gasteiger partial charge in [0, 0.05) is 0 Å². The predicted molar refractivity (Wildman–Crippen MR) is 84.4 cm³/mol. The Morgan fingerprint density at radius 3 is 2.24 bits per heavy atom. The summed E-state index contributed by atoms with van der Waals surface area (Å²) in [6, 6.07) is 9.28. The highest BCUT2D eigenvalue weighted by molar-refractivity contribution is 6.44. The lowest BCUT2D eigenvalue weighted by Gasteiger charge is -2.11. The number of carbonyl (C=O) groups excluding carboxylic acids is 2. The lowest BCUT2D eigenvalue weighted by atomic mass is 10.1. The average Bonchev–Trinajstić information content (AvgIpc) is 2.43. The van der Waals surface area contributed by atoms with Crippen LogP contribution in [-0.2, 0) is 0 Å². The number of hydrogen-bond donors (Lipinski definition) is 2. The van der Waals surface area contributed by atoms with E-state index in [1.807, 2.05) is 0 Å². The Bertz CT molecular complexity index is 732. The smallest absolute Gasteiger partial charge is 0.256 e. The number of nitrogens with one attached hydrogen (secondary N) is 1. The van der Waals surface area contributed by atoms with E-state index in [-0.39, 0.29) is 21.2 Å². The van der Waals surface area contributed by atoms with E-state index < -0.39 is 11.8 Å². The largest absolute Gasteiger partial charge is 0.366 e. The van der Waals surface area contributed by atoms with Crippen molar-refractivity contribution in [1.82, 2.24) is 0 Å². The Balaban J connectivity index is 2.40. The minimum atomic E-state index is -0.789. The summed E-state index contributed by atoms with van der Waals surface area (Å²) in [5.41, 5.74) is 5.59. The molecule has 0 radical (unpaired) electrons. The Hall–Kier alpha value is -1.75. The summed E-state index contributed by atoms with van der Waals surface area (Å²) in [7, 11) is 0. The molecule has 3 N–H and O–H groups in total. The maximum Gasteiger partial charge on any atom is 0.256 e. The molecule has 2 aromatic rings. The molecule has 2 amide bonds. The van der Waals surface area contributed by atoms with Crippen molar-refractivity contribution in [1.29, 1.82) is 0 Å². The van der Waals surface area contributed by atoms with Crippen molar-refractivity contribution in [3.63, 3.8) is 0 Å². The van der Waals surface area contributed by atoms with Crippen LogP contribution < -0.4 is 11.1 Å². The Morgan fingerprint density at radius 2 is 1.57 bits per heavy atom. The summed E-state index contributed by atoms with van der Waals surface area (Å²) in [6.45, 7) is 0. The van der Waals surface area contributed by atoms with Gasteiger partial charge in [0.15, 0.2) is 0 Å². The van der Waals surface area contributed by atoms with Crippen LogP contribution in [-0.4, -0.2) is 11.8 Å². The first-order chi connectivity index (χ1) is 9.91. The van der Waals surface area contributed by atoms with Gasteiger partial charge in [-0.15, -0.1) is 0 Å². The minimum Gasteiger partial charge on any atom is -0.366 e. The fourth-order valence-corrected chi connectivity index (χ4v) is 2.37. The van der Waals surface area contributed by atoms with Crippen LogP contribution in [0.2, 0.25) is 15.1 Å². The molecule has 0 unspecified atom stereocenters. The predicted octanol–water partition coefficient (Wildman–Crippen LogP) is 4.00. The molecule has 0 heterocycles. The van der Waals surface area contributed by atoms with Gasteiger partial charge in [0.2, 0.25) is 0 Å². The van der Waals surface area contributed by atoms with Gasteiger partial charge in [-0.3, -0.25) is 9.59 Å². The van der Waals surface area contributed by atoms with E-state index in [9.17, 15) is 9.59 Å². The van der Waals surface area contributed by atoms with Gasteiger partial charge >= 0.3 is 0 Å².